The number of benzene rings is 2. The second-order valence-electron chi connectivity index (χ2n) is 3.25. The van der Waals surface area contributed by atoms with Crippen LogP contribution in [-0.2, 0) is 0 Å². The van der Waals surface area contributed by atoms with Crippen molar-refractivity contribution in [1.82, 2.24) is 0 Å². The highest BCUT2D eigenvalue weighted by Crippen LogP contribution is 2.30. The Morgan fingerprint density at radius 3 is 2.50 bits per heavy atom. The Bertz CT molecular complexity index is 521. The molecule has 0 aliphatic carbocycles. The summed E-state index contributed by atoms with van der Waals surface area (Å²) in [6.07, 6.45) is 0. The highest BCUT2D eigenvalue weighted by atomic mass is 35.5. The maximum Gasteiger partial charge on any atom is 0.337 e. The fraction of sp³-hybridized carbons (Fsp3) is 0. The second kappa shape index (κ2) is 4.37. The number of carboxylic acids is 1. The van der Waals surface area contributed by atoms with Crippen LogP contribution in [0.2, 0.25) is 5.02 Å². The van der Waals surface area contributed by atoms with Crippen LogP contribution in [0.15, 0.2) is 42.5 Å². The Kier molecular flexibility index (Phi) is 2.93. The van der Waals surface area contributed by atoms with Crippen molar-refractivity contribution in [1.29, 1.82) is 0 Å². The fourth-order valence-electron chi connectivity index (χ4n) is 1.53. The van der Waals surface area contributed by atoms with E-state index in [2.05, 4.69) is 6.07 Å². The topological polar surface area (TPSA) is 37.3 Å². The molecule has 16 heavy (non-hydrogen) atoms. The largest absolute Gasteiger partial charge is 0.478 e. The molecule has 0 saturated carbocycles. The van der Waals surface area contributed by atoms with Gasteiger partial charge in [-0.05, 0) is 17.7 Å². The molecule has 0 heterocycles. The minimum atomic E-state index is -1.03. The predicted octanol–water partition coefficient (Wildman–Crippen LogP) is 3.51. The van der Waals surface area contributed by atoms with E-state index in [1.165, 1.54) is 6.07 Å². The van der Waals surface area contributed by atoms with Crippen LogP contribution in [-0.4, -0.2) is 11.1 Å². The molecule has 1 radical (unpaired) electrons. The third-order valence-corrected chi connectivity index (χ3v) is 2.54. The van der Waals surface area contributed by atoms with E-state index in [9.17, 15) is 4.79 Å². The fourth-order valence-corrected chi connectivity index (χ4v) is 1.80. The number of carbonyl (C=O) groups is 1. The van der Waals surface area contributed by atoms with Gasteiger partial charge < -0.3 is 5.11 Å². The highest BCUT2D eigenvalue weighted by Gasteiger charge is 2.14. The van der Waals surface area contributed by atoms with E-state index >= 15 is 0 Å². The lowest BCUT2D eigenvalue weighted by atomic mass is 10.00. The first-order chi connectivity index (χ1) is 7.70. The molecule has 0 aromatic heterocycles. The third kappa shape index (κ3) is 1.92. The lowest BCUT2D eigenvalue weighted by Crippen LogP contribution is -2.00. The van der Waals surface area contributed by atoms with Crippen molar-refractivity contribution >= 4 is 17.6 Å². The molecule has 0 atom stereocenters. The third-order valence-electron chi connectivity index (χ3n) is 2.22. The zero-order valence-corrected chi connectivity index (χ0v) is 9.03. The van der Waals surface area contributed by atoms with E-state index in [0.29, 0.717) is 10.6 Å². The van der Waals surface area contributed by atoms with Gasteiger partial charge in [0.15, 0.2) is 0 Å². The zero-order chi connectivity index (χ0) is 11.5. The Hall–Kier alpha value is -1.80. The van der Waals surface area contributed by atoms with Gasteiger partial charge >= 0.3 is 5.97 Å². The van der Waals surface area contributed by atoms with Gasteiger partial charge in [0.25, 0.3) is 0 Å². The minimum absolute atomic E-state index is 0.0960. The lowest BCUT2D eigenvalue weighted by Gasteiger charge is -2.07. The summed E-state index contributed by atoms with van der Waals surface area (Å²) in [6, 6.07) is 15.0. The molecule has 0 saturated heterocycles. The van der Waals surface area contributed by atoms with Crippen LogP contribution in [0.5, 0.6) is 0 Å². The van der Waals surface area contributed by atoms with Gasteiger partial charge in [0, 0.05) is 10.6 Å². The SMILES string of the molecule is O=C(O)c1[c]ccc(Cl)c1-c1ccccc1. The van der Waals surface area contributed by atoms with Crippen LogP contribution >= 0.6 is 11.6 Å². The van der Waals surface area contributed by atoms with Crippen molar-refractivity contribution in [3.05, 3.63) is 59.1 Å². The van der Waals surface area contributed by atoms with Gasteiger partial charge in [0.2, 0.25) is 0 Å². The van der Waals surface area contributed by atoms with Crippen molar-refractivity contribution in [3.63, 3.8) is 0 Å². The smallest absolute Gasteiger partial charge is 0.337 e. The number of aromatic carboxylic acids is 1. The van der Waals surface area contributed by atoms with Gasteiger partial charge in [-0.15, -0.1) is 0 Å². The summed E-state index contributed by atoms with van der Waals surface area (Å²) in [5.74, 6) is -1.03. The molecule has 0 aliphatic rings. The first-order valence-corrected chi connectivity index (χ1v) is 5.07. The summed E-state index contributed by atoms with van der Waals surface area (Å²) in [5.41, 5.74) is 1.39. The molecule has 0 spiro atoms. The molecule has 2 rings (SSSR count). The molecular formula is C13H8ClO2. The van der Waals surface area contributed by atoms with Gasteiger partial charge in [0.05, 0.1) is 5.56 Å². The van der Waals surface area contributed by atoms with Crippen molar-refractivity contribution in [3.8, 4) is 11.1 Å². The van der Waals surface area contributed by atoms with Crippen LogP contribution in [0.3, 0.4) is 0 Å². The van der Waals surface area contributed by atoms with E-state index in [4.69, 9.17) is 16.7 Å². The number of hydrogen-bond donors (Lipinski definition) is 1. The maximum absolute atomic E-state index is 11.1. The molecule has 2 aromatic rings. The molecule has 2 aromatic carbocycles. The monoisotopic (exact) mass is 231 g/mol. The molecule has 0 amide bonds. The van der Waals surface area contributed by atoms with Gasteiger partial charge in [-0.25, -0.2) is 4.79 Å². The summed E-state index contributed by atoms with van der Waals surface area (Å²) in [7, 11) is 0. The van der Waals surface area contributed by atoms with Crippen LogP contribution in [0.1, 0.15) is 10.4 Å². The van der Waals surface area contributed by atoms with Crippen LogP contribution in [0, 0.1) is 6.07 Å². The maximum atomic E-state index is 11.1. The number of carboxylic acid groups (broad SMARTS) is 1. The molecule has 0 fully saturated rings. The standard InChI is InChI=1S/C13H8ClO2/c14-11-8-4-7-10(13(15)16)12(11)9-5-2-1-3-6-9/h1-6,8H,(H,15,16). The van der Waals surface area contributed by atoms with E-state index in [-0.39, 0.29) is 5.56 Å². The number of rotatable bonds is 2. The summed E-state index contributed by atoms with van der Waals surface area (Å²) < 4.78 is 0. The molecule has 0 unspecified atom stereocenters. The molecule has 2 nitrogen and oxygen atoms in total. The van der Waals surface area contributed by atoms with Crippen molar-refractivity contribution in [2.75, 3.05) is 0 Å². The van der Waals surface area contributed by atoms with Gasteiger partial charge in [-0.1, -0.05) is 48.0 Å². The van der Waals surface area contributed by atoms with Gasteiger partial charge in [-0.2, -0.15) is 0 Å². The molecule has 3 heteroatoms. The van der Waals surface area contributed by atoms with Crippen LogP contribution in [0.25, 0.3) is 11.1 Å². The second-order valence-corrected chi connectivity index (χ2v) is 3.65. The zero-order valence-electron chi connectivity index (χ0n) is 8.27. The molecule has 79 valence electrons. The Labute approximate surface area is 98.1 Å². The Morgan fingerprint density at radius 2 is 1.88 bits per heavy atom. The summed E-state index contributed by atoms with van der Waals surface area (Å²) in [6.45, 7) is 0. The Balaban J connectivity index is 2.68. The lowest BCUT2D eigenvalue weighted by molar-refractivity contribution is 0.0697. The van der Waals surface area contributed by atoms with E-state index in [1.54, 1.807) is 6.07 Å². The quantitative estimate of drug-likeness (QED) is 0.859. The summed E-state index contributed by atoms with van der Waals surface area (Å²) in [4.78, 5) is 11.1. The summed E-state index contributed by atoms with van der Waals surface area (Å²) >= 11 is 6.02. The number of hydrogen-bond acceptors (Lipinski definition) is 1. The van der Waals surface area contributed by atoms with Crippen molar-refractivity contribution in [2.24, 2.45) is 0 Å². The first kappa shape index (κ1) is 10.7. The van der Waals surface area contributed by atoms with E-state index < -0.39 is 5.97 Å². The van der Waals surface area contributed by atoms with E-state index in [1.807, 2.05) is 30.3 Å². The van der Waals surface area contributed by atoms with Crippen molar-refractivity contribution < 1.29 is 9.90 Å². The van der Waals surface area contributed by atoms with Gasteiger partial charge in [-0.3, -0.25) is 0 Å². The molecule has 0 bridgehead atoms. The number of halogens is 1. The summed E-state index contributed by atoms with van der Waals surface area (Å²) in [5, 5.41) is 9.48. The Morgan fingerprint density at radius 1 is 1.19 bits per heavy atom. The predicted molar refractivity (Wildman–Crippen MR) is 62.7 cm³/mol. The minimum Gasteiger partial charge on any atom is -0.478 e. The average Bonchev–Trinajstić information content (AvgIpc) is 2.29. The van der Waals surface area contributed by atoms with Crippen LogP contribution in [0.4, 0.5) is 0 Å². The van der Waals surface area contributed by atoms with E-state index in [0.717, 1.165) is 5.56 Å². The first-order valence-electron chi connectivity index (χ1n) is 4.69. The molecular weight excluding hydrogens is 224 g/mol. The molecule has 1 N–H and O–H groups in total. The normalized spacial score (nSPS) is 10.1. The van der Waals surface area contributed by atoms with Gasteiger partial charge in [0.1, 0.15) is 0 Å². The average molecular weight is 232 g/mol. The molecule has 0 aliphatic heterocycles. The highest BCUT2D eigenvalue weighted by molar-refractivity contribution is 6.34. The van der Waals surface area contributed by atoms with Crippen molar-refractivity contribution in [2.45, 2.75) is 0 Å². The van der Waals surface area contributed by atoms with Crippen LogP contribution < -0.4 is 0 Å².